The van der Waals surface area contributed by atoms with Crippen LogP contribution in [-0.2, 0) is 11.3 Å². The van der Waals surface area contributed by atoms with Gasteiger partial charge in [-0.15, -0.1) is 0 Å². The third kappa shape index (κ3) is 3.30. The number of benzene rings is 1. The number of hydrogen-bond donors (Lipinski definition) is 1. The van der Waals surface area contributed by atoms with Crippen molar-refractivity contribution in [3.63, 3.8) is 0 Å². The molecule has 0 radical (unpaired) electrons. The molecule has 0 spiro atoms. The number of aromatic amines is 1. The molecular formula is C25H32N4O2. The van der Waals surface area contributed by atoms with Crippen LogP contribution < -0.4 is 5.56 Å². The number of nitrogens with one attached hydrogen (secondary N) is 1. The van der Waals surface area contributed by atoms with E-state index in [1.54, 1.807) is 0 Å². The first kappa shape index (κ1) is 19.5. The maximum absolute atomic E-state index is 13.6. The van der Waals surface area contributed by atoms with Crippen LogP contribution in [-0.4, -0.2) is 51.9 Å². The van der Waals surface area contributed by atoms with Gasteiger partial charge in [-0.25, -0.2) is 4.98 Å². The highest BCUT2D eigenvalue weighted by Gasteiger charge is 2.55. The molecule has 2 aromatic rings. The second-order valence-electron chi connectivity index (χ2n) is 10.7. The third-order valence-corrected chi connectivity index (χ3v) is 8.48. The van der Waals surface area contributed by atoms with Gasteiger partial charge in [-0.2, -0.15) is 0 Å². The van der Waals surface area contributed by atoms with E-state index in [0.29, 0.717) is 17.1 Å². The minimum Gasteiger partial charge on any atom is -0.340 e. The molecule has 164 valence electrons. The van der Waals surface area contributed by atoms with Crippen molar-refractivity contribution in [3.05, 3.63) is 39.9 Å². The van der Waals surface area contributed by atoms with Crippen LogP contribution in [0.3, 0.4) is 0 Å². The highest BCUT2D eigenvalue weighted by Crippen LogP contribution is 2.60. The minimum atomic E-state index is -0.0614. The van der Waals surface area contributed by atoms with Gasteiger partial charge in [0.25, 0.3) is 5.56 Å². The summed E-state index contributed by atoms with van der Waals surface area (Å²) in [5.41, 5.74) is 1.68. The number of fused-ring (bicyclic) bond motifs is 1. The van der Waals surface area contributed by atoms with Gasteiger partial charge in [0.2, 0.25) is 5.91 Å². The summed E-state index contributed by atoms with van der Waals surface area (Å²) in [6, 6.07) is 5.92. The highest BCUT2D eigenvalue weighted by molar-refractivity contribution is 5.83. The van der Waals surface area contributed by atoms with Crippen molar-refractivity contribution in [1.29, 1.82) is 0 Å². The van der Waals surface area contributed by atoms with Crippen LogP contribution in [0, 0.1) is 30.1 Å². The van der Waals surface area contributed by atoms with E-state index >= 15 is 0 Å². The van der Waals surface area contributed by atoms with Gasteiger partial charge < -0.3 is 9.88 Å². The SMILES string of the molecule is Cc1nc2cccc(CN3CCN(C(=O)C45CC6CC(CC(C6)C4)C5)CC3)c2c(=O)[nH]1. The molecule has 5 fully saturated rings. The fraction of sp³-hybridized carbons (Fsp3) is 0.640. The molecule has 1 amide bonds. The molecule has 1 aliphatic heterocycles. The van der Waals surface area contributed by atoms with Gasteiger partial charge in [-0.05, 0) is 74.8 Å². The van der Waals surface area contributed by atoms with Crippen LogP contribution in [0.2, 0.25) is 0 Å². The molecule has 1 saturated heterocycles. The van der Waals surface area contributed by atoms with Crippen molar-refractivity contribution in [2.75, 3.05) is 26.2 Å². The van der Waals surface area contributed by atoms with E-state index in [1.807, 2.05) is 25.1 Å². The molecule has 0 atom stereocenters. The predicted molar refractivity (Wildman–Crippen MR) is 120 cm³/mol. The summed E-state index contributed by atoms with van der Waals surface area (Å²) < 4.78 is 0. The maximum atomic E-state index is 13.6. The Morgan fingerprint density at radius 2 is 1.71 bits per heavy atom. The summed E-state index contributed by atoms with van der Waals surface area (Å²) >= 11 is 0. The van der Waals surface area contributed by atoms with Crippen molar-refractivity contribution in [2.45, 2.75) is 52.0 Å². The molecule has 4 bridgehead atoms. The number of rotatable bonds is 3. The van der Waals surface area contributed by atoms with Crippen LogP contribution in [0.15, 0.2) is 23.0 Å². The minimum absolute atomic E-state index is 0.0383. The summed E-state index contributed by atoms with van der Waals surface area (Å²) in [6.07, 6.45) is 7.55. The topological polar surface area (TPSA) is 69.3 Å². The summed E-state index contributed by atoms with van der Waals surface area (Å²) in [7, 11) is 0. The molecule has 6 heteroatoms. The third-order valence-electron chi connectivity index (χ3n) is 8.48. The summed E-state index contributed by atoms with van der Waals surface area (Å²) in [5, 5.41) is 0.695. The van der Waals surface area contributed by atoms with Crippen LogP contribution >= 0.6 is 0 Å². The van der Waals surface area contributed by atoms with E-state index in [1.165, 1.54) is 19.3 Å². The average molecular weight is 421 g/mol. The molecule has 2 heterocycles. The first-order valence-corrected chi connectivity index (χ1v) is 12.0. The van der Waals surface area contributed by atoms with Gasteiger partial charge in [-0.1, -0.05) is 12.1 Å². The molecule has 4 aliphatic carbocycles. The number of H-pyrrole nitrogens is 1. The summed E-state index contributed by atoms with van der Waals surface area (Å²) in [6.45, 7) is 5.88. The van der Waals surface area contributed by atoms with Gasteiger partial charge in [0, 0.05) is 32.7 Å². The van der Waals surface area contributed by atoms with Crippen LogP contribution in [0.5, 0.6) is 0 Å². The van der Waals surface area contributed by atoms with Gasteiger partial charge in [0.15, 0.2) is 0 Å². The van der Waals surface area contributed by atoms with E-state index in [4.69, 9.17) is 0 Å². The maximum Gasteiger partial charge on any atom is 0.259 e. The predicted octanol–water partition coefficient (Wildman–Crippen LogP) is 3.09. The lowest BCUT2D eigenvalue weighted by Crippen LogP contribution is -2.58. The van der Waals surface area contributed by atoms with Gasteiger partial charge in [0.05, 0.1) is 16.3 Å². The number of nitrogens with zero attached hydrogens (tertiary/aromatic N) is 3. The lowest BCUT2D eigenvalue weighted by Gasteiger charge is -2.57. The summed E-state index contributed by atoms with van der Waals surface area (Å²) in [5.74, 6) is 3.51. The van der Waals surface area contributed by atoms with Crippen molar-refractivity contribution in [3.8, 4) is 0 Å². The number of aryl methyl sites for hydroxylation is 1. The molecule has 31 heavy (non-hydrogen) atoms. The quantitative estimate of drug-likeness (QED) is 0.829. The largest absolute Gasteiger partial charge is 0.340 e. The molecule has 7 rings (SSSR count). The van der Waals surface area contributed by atoms with E-state index in [0.717, 1.165) is 80.8 Å². The zero-order valence-corrected chi connectivity index (χ0v) is 18.4. The van der Waals surface area contributed by atoms with Crippen LogP contribution in [0.4, 0.5) is 0 Å². The first-order valence-electron chi connectivity index (χ1n) is 12.0. The number of piperazine rings is 1. The van der Waals surface area contributed by atoms with E-state index in [2.05, 4.69) is 19.8 Å². The number of carbonyl (C=O) groups is 1. The normalized spacial score (nSPS) is 32.7. The van der Waals surface area contributed by atoms with E-state index < -0.39 is 0 Å². The Kier molecular flexibility index (Phi) is 4.50. The number of aromatic nitrogens is 2. The van der Waals surface area contributed by atoms with Crippen molar-refractivity contribution in [2.24, 2.45) is 23.2 Å². The van der Waals surface area contributed by atoms with Gasteiger partial charge >= 0.3 is 0 Å². The lowest BCUT2D eigenvalue weighted by atomic mass is 9.49. The zero-order chi connectivity index (χ0) is 21.2. The lowest BCUT2D eigenvalue weighted by molar-refractivity contribution is -0.159. The molecule has 6 nitrogen and oxygen atoms in total. The van der Waals surface area contributed by atoms with E-state index in [-0.39, 0.29) is 11.0 Å². The second-order valence-corrected chi connectivity index (χ2v) is 10.7. The van der Waals surface area contributed by atoms with Crippen LogP contribution in [0.1, 0.15) is 49.9 Å². The summed E-state index contributed by atoms with van der Waals surface area (Å²) in [4.78, 5) is 38.0. The van der Waals surface area contributed by atoms with Crippen molar-refractivity contribution in [1.82, 2.24) is 19.8 Å². The Morgan fingerprint density at radius 3 is 2.35 bits per heavy atom. The molecule has 1 N–H and O–H groups in total. The molecule has 4 saturated carbocycles. The van der Waals surface area contributed by atoms with Crippen LogP contribution in [0.25, 0.3) is 10.9 Å². The molecular weight excluding hydrogens is 388 g/mol. The fourth-order valence-corrected chi connectivity index (χ4v) is 7.57. The van der Waals surface area contributed by atoms with Gasteiger partial charge in [-0.3, -0.25) is 14.5 Å². The van der Waals surface area contributed by atoms with Crippen molar-refractivity contribution >= 4 is 16.8 Å². The number of carbonyl (C=O) groups excluding carboxylic acids is 1. The Labute approximate surface area is 183 Å². The van der Waals surface area contributed by atoms with E-state index in [9.17, 15) is 9.59 Å². The molecule has 0 unspecified atom stereocenters. The Morgan fingerprint density at radius 1 is 1.06 bits per heavy atom. The number of amides is 1. The standard InChI is InChI=1S/C25H32N4O2/c1-16-26-21-4-2-3-20(22(21)23(30)27-16)15-28-5-7-29(8-6-28)24(31)25-12-17-9-18(13-25)11-19(10-17)14-25/h2-4,17-19H,5-15H2,1H3,(H,26,27,30). The molecule has 1 aromatic heterocycles. The van der Waals surface area contributed by atoms with Crippen molar-refractivity contribution < 1.29 is 4.79 Å². The Hall–Kier alpha value is -2.21. The fourth-order valence-electron chi connectivity index (χ4n) is 7.57. The second kappa shape index (κ2) is 7.16. The molecule has 1 aromatic carbocycles. The molecule has 5 aliphatic rings. The highest BCUT2D eigenvalue weighted by atomic mass is 16.2. The smallest absolute Gasteiger partial charge is 0.259 e. The number of hydrogen-bond acceptors (Lipinski definition) is 4. The Bertz CT molecular complexity index is 1050. The first-order chi connectivity index (χ1) is 15.0. The average Bonchev–Trinajstić information content (AvgIpc) is 2.72. The monoisotopic (exact) mass is 420 g/mol. The van der Waals surface area contributed by atoms with Gasteiger partial charge in [0.1, 0.15) is 5.82 Å². The Balaban J connectivity index is 1.14. The zero-order valence-electron chi connectivity index (χ0n) is 18.4.